The van der Waals surface area contributed by atoms with Crippen molar-refractivity contribution in [2.75, 3.05) is 11.9 Å². The number of nitrogens with one attached hydrogen (secondary N) is 1. The van der Waals surface area contributed by atoms with Gasteiger partial charge in [0.1, 0.15) is 5.82 Å². The summed E-state index contributed by atoms with van der Waals surface area (Å²) in [5.74, 6) is 0.421. The van der Waals surface area contributed by atoms with E-state index in [0.717, 1.165) is 22.9 Å². The van der Waals surface area contributed by atoms with Crippen LogP contribution in [0.1, 0.15) is 25.3 Å². The van der Waals surface area contributed by atoms with Gasteiger partial charge in [0.25, 0.3) is 0 Å². The summed E-state index contributed by atoms with van der Waals surface area (Å²) >= 11 is 3.33. The van der Waals surface area contributed by atoms with E-state index in [0.29, 0.717) is 12.4 Å². The smallest absolute Gasteiger partial charge is 0.229 e. The highest BCUT2D eigenvalue weighted by Gasteiger charge is 2.16. The molecule has 0 aliphatic rings. The average molecular weight is 300 g/mol. The highest BCUT2D eigenvalue weighted by atomic mass is 79.9. The fourth-order valence-electron chi connectivity index (χ4n) is 1.59. The SMILES string of the molecule is CCCC(CN)C(=O)Nc1ncc(Br)cc1C. The summed E-state index contributed by atoms with van der Waals surface area (Å²) in [6.45, 7) is 4.32. The normalized spacial score (nSPS) is 12.2. The Morgan fingerprint density at radius 1 is 1.65 bits per heavy atom. The molecule has 0 aliphatic carbocycles. The molecule has 1 aromatic heterocycles. The maximum absolute atomic E-state index is 11.9. The number of hydrogen-bond acceptors (Lipinski definition) is 3. The monoisotopic (exact) mass is 299 g/mol. The zero-order valence-corrected chi connectivity index (χ0v) is 11.8. The fraction of sp³-hybridized carbons (Fsp3) is 0.500. The highest BCUT2D eigenvalue weighted by Crippen LogP contribution is 2.18. The summed E-state index contributed by atoms with van der Waals surface area (Å²) < 4.78 is 0.900. The number of amides is 1. The van der Waals surface area contributed by atoms with Crippen molar-refractivity contribution in [3.8, 4) is 0 Å². The summed E-state index contributed by atoms with van der Waals surface area (Å²) in [6.07, 6.45) is 3.42. The van der Waals surface area contributed by atoms with Crippen LogP contribution < -0.4 is 11.1 Å². The van der Waals surface area contributed by atoms with Gasteiger partial charge in [-0.05, 0) is 40.9 Å². The minimum absolute atomic E-state index is 0.0488. The second kappa shape index (κ2) is 6.71. The molecule has 0 bridgehead atoms. The van der Waals surface area contributed by atoms with Crippen LogP contribution in [0.5, 0.6) is 0 Å². The van der Waals surface area contributed by atoms with Crippen molar-refractivity contribution in [3.05, 3.63) is 22.3 Å². The van der Waals surface area contributed by atoms with E-state index >= 15 is 0 Å². The number of halogens is 1. The Bertz CT molecular complexity index is 395. The van der Waals surface area contributed by atoms with Crippen LogP contribution >= 0.6 is 15.9 Å². The molecule has 1 unspecified atom stereocenters. The number of rotatable bonds is 5. The zero-order valence-electron chi connectivity index (χ0n) is 10.2. The van der Waals surface area contributed by atoms with Gasteiger partial charge in [0.05, 0.1) is 5.92 Å². The lowest BCUT2D eigenvalue weighted by Crippen LogP contribution is -2.29. The molecular formula is C12H18BrN3O. The molecule has 0 radical (unpaired) electrons. The van der Waals surface area contributed by atoms with Crippen LogP contribution in [0.25, 0.3) is 0 Å². The molecule has 0 spiro atoms. The van der Waals surface area contributed by atoms with E-state index in [-0.39, 0.29) is 11.8 Å². The lowest BCUT2D eigenvalue weighted by atomic mass is 10.0. The largest absolute Gasteiger partial charge is 0.330 e. The van der Waals surface area contributed by atoms with Crippen molar-refractivity contribution in [1.29, 1.82) is 0 Å². The molecule has 17 heavy (non-hydrogen) atoms. The predicted octanol–water partition coefficient (Wildman–Crippen LogP) is 2.47. The van der Waals surface area contributed by atoms with E-state index < -0.39 is 0 Å². The van der Waals surface area contributed by atoms with Gasteiger partial charge in [-0.3, -0.25) is 4.79 Å². The Hall–Kier alpha value is -0.940. The number of carbonyl (C=O) groups excluding carboxylic acids is 1. The molecule has 0 fully saturated rings. The Balaban J connectivity index is 2.73. The highest BCUT2D eigenvalue weighted by molar-refractivity contribution is 9.10. The molecule has 1 aromatic rings. The first kappa shape index (κ1) is 14.1. The Morgan fingerprint density at radius 3 is 2.88 bits per heavy atom. The van der Waals surface area contributed by atoms with Crippen molar-refractivity contribution >= 4 is 27.7 Å². The molecule has 0 aliphatic heterocycles. The lowest BCUT2D eigenvalue weighted by molar-refractivity contribution is -0.119. The molecule has 1 heterocycles. The minimum Gasteiger partial charge on any atom is -0.330 e. The molecule has 3 N–H and O–H groups in total. The number of aromatic nitrogens is 1. The third kappa shape index (κ3) is 4.09. The molecule has 1 rings (SSSR count). The summed E-state index contributed by atoms with van der Waals surface area (Å²) in [5.41, 5.74) is 6.52. The molecular weight excluding hydrogens is 282 g/mol. The first-order valence-corrected chi connectivity index (χ1v) is 6.50. The number of hydrogen-bond donors (Lipinski definition) is 2. The third-order valence-corrected chi connectivity index (χ3v) is 3.01. The van der Waals surface area contributed by atoms with Crippen LogP contribution in [0, 0.1) is 12.8 Å². The van der Waals surface area contributed by atoms with Gasteiger partial charge in [-0.25, -0.2) is 4.98 Å². The van der Waals surface area contributed by atoms with Crippen LogP contribution in [0.15, 0.2) is 16.7 Å². The number of aryl methyl sites for hydroxylation is 1. The van der Waals surface area contributed by atoms with Crippen molar-refractivity contribution < 1.29 is 4.79 Å². The van der Waals surface area contributed by atoms with E-state index in [4.69, 9.17) is 5.73 Å². The Kier molecular flexibility index (Phi) is 5.58. The first-order chi connectivity index (χ1) is 8.08. The predicted molar refractivity (Wildman–Crippen MR) is 72.8 cm³/mol. The topological polar surface area (TPSA) is 68.0 Å². The molecule has 5 heteroatoms. The average Bonchev–Trinajstić information content (AvgIpc) is 2.29. The molecule has 1 amide bonds. The summed E-state index contributed by atoms with van der Waals surface area (Å²) in [7, 11) is 0. The van der Waals surface area contributed by atoms with Crippen molar-refractivity contribution in [1.82, 2.24) is 4.98 Å². The molecule has 0 aromatic carbocycles. The van der Waals surface area contributed by atoms with Gasteiger partial charge in [0, 0.05) is 17.2 Å². The number of carbonyl (C=O) groups is 1. The quantitative estimate of drug-likeness (QED) is 0.877. The van der Waals surface area contributed by atoms with E-state index in [1.807, 2.05) is 19.9 Å². The Morgan fingerprint density at radius 2 is 2.35 bits per heavy atom. The van der Waals surface area contributed by atoms with Gasteiger partial charge in [0.15, 0.2) is 0 Å². The van der Waals surface area contributed by atoms with Crippen LogP contribution in [-0.2, 0) is 4.79 Å². The lowest BCUT2D eigenvalue weighted by Gasteiger charge is -2.14. The van der Waals surface area contributed by atoms with Crippen LogP contribution in [0.4, 0.5) is 5.82 Å². The maximum atomic E-state index is 11.9. The Labute approximate surface area is 110 Å². The van der Waals surface area contributed by atoms with Gasteiger partial charge in [-0.2, -0.15) is 0 Å². The van der Waals surface area contributed by atoms with Crippen molar-refractivity contribution in [2.45, 2.75) is 26.7 Å². The van der Waals surface area contributed by atoms with Crippen LogP contribution in [0.2, 0.25) is 0 Å². The summed E-state index contributed by atoms with van der Waals surface area (Å²) in [6, 6.07) is 1.92. The van der Waals surface area contributed by atoms with Gasteiger partial charge in [0.2, 0.25) is 5.91 Å². The number of nitrogens with zero attached hydrogens (tertiary/aromatic N) is 1. The summed E-state index contributed by atoms with van der Waals surface area (Å²) in [5, 5.41) is 2.82. The molecule has 94 valence electrons. The first-order valence-electron chi connectivity index (χ1n) is 5.71. The molecule has 0 saturated heterocycles. The maximum Gasteiger partial charge on any atom is 0.229 e. The van der Waals surface area contributed by atoms with Crippen LogP contribution in [-0.4, -0.2) is 17.4 Å². The van der Waals surface area contributed by atoms with Crippen molar-refractivity contribution in [2.24, 2.45) is 11.7 Å². The summed E-state index contributed by atoms with van der Waals surface area (Å²) in [4.78, 5) is 16.1. The van der Waals surface area contributed by atoms with Gasteiger partial charge in [-0.1, -0.05) is 13.3 Å². The molecule has 4 nitrogen and oxygen atoms in total. The minimum atomic E-state index is -0.134. The van der Waals surface area contributed by atoms with E-state index in [9.17, 15) is 4.79 Å². The van der Waals surface area contributed by atoms with E-state index in [1.165, 1.54) is 0 Å². The van der Waals surface area contributed by atoms with Crippen LogP contribution in [0.3, 0.4) is 0 Å². The molecule has 0 saturated carbocycles. The second-order valence-electron chi connectivity index (χ2n) is 4.03. The van der Waals surface area contributed by atoms with Crippen molar-refractivity contribution in [3.63, 3.8) is 0 Å². The van der Waals surface area contributed by atoms with Gasteiger partial charge >= 0.3 is 0 Å². The van der Waals surface area contributed by atoms with Gasteiger partial charge < -0.3 is 11.1 Å². The number of nitrogens with two attached hydrogens (primary N) is 1. The third-order valence-electron chi connectivity index (χ3n) is 2.58. The number of pyridine rings is 1. The second-order valence-corrected chi connectivity index (χ2v) is 4.95. The zero-order chi connectivity index (χ0) is 12.8. The van der Waals surface area contributed by atoms with E-state index in [1.54, 1.807) is 6.20 Å². The standard InChI is InChI=1S/C12H18BrN3O/c1-3-4-9(6-14)12(17)16-11-8(2)5-10(13)7-15-11/h5,7,9H,3-4,6,14H2,1-2H3,(H,15,16,17). The number of anilines is 1. The molecule has 1 atom stereocenters. The van der Waals surface area contributed by atoms with E-state index in [2.05, 4.69) is 26.2 Å². The fourth-order valence-corrected chi connectivity index (χ4v) is 2.04. The van der Waals surface area contributed by atoms with Gasteiger partial charge in [-0.15, -0.1) is 0 Å².